The number of rotatable bonds is 4. The molecule has 0 saturated carbocycles. The molecule has 6 heteroatoms. The van der Waals surface area contributed by atoms with Gasteiger partial charge < -0.3 is 0 Å². The van der Waals surface area contributed by atoms with E-state index in [1.165, 1.54) is 23.3 Å². The molecule has 1 unspecified atom stereocenters. The zero-order valence-corrected chi connectivity index (χ0v) is 12.9. The second kappa shape index (κ2) is 6.55. The summed E-state index contributed by atoms with van der Waals surface area (Å²) in [7, 11) is 0. The summed E-state index contributed by atoms with van der Waals surface area (Å²) in [5.74, 6) is -0.0846. The number of carbonyl (C=O) groups is 1. The van der Waals surface area contributed by atoms with E-state index in [-0.39, 0.29) is 17.5 Å². The minimum Gasteiger partial charge on any atom is -0.299 e. The second-order valence-electron chi connectivity index (χ2n) is 5.89. The maximum atomic E-state index is 12.7. The molecule has 3 rings (SSSR count). The Hall–Kier alpha value is -2.50. The van der Waals surface area contributed by atoms with E-state index in [1.807, 2.05) is 18.2 Å². The number of aryl methyl sites for hydroxylation is 1. The molecule has 2 N–H and O–H groups in total. The van der Waals surface area contributed by atoms with Crippen LogP contribution in [0.15, 0.2) is 48.5 Å². The lowest BCUT2D eigenvalue weighted by Gasteiger charge is -2.14. The van der Waals surface area contributed by atoms with E-state index in [0.29, 0.717) is 6.42 Å². The van der Waals surface area contributed by atoms with E-state index in [2.05, 4.69) is 16.9 Å². The summed E-state index contributed by atoms with van der Waals surface area (Å²) in [6.45, 7) is 0. The van der Waals surface area contributed by atoms with Crippen LogP contribution in [0.2, 0.25) is 0 Å². The average Bonchev–Trinajstić information content (AvgIpc) is 2.96. The highest BCUT2D eigenvalue weighted by molar-refractivity contribution is 5.78. The summed E-state index contributed by atoms with van der Waals surface area (Å²) in [5.41, 5.74) is 6.93. The van der Waals surface area contributed by atoms with Crippen LogP contribution in [0.1, 0.15) is 35.4 Å². The van der Waals surface area contributed by atoms with Crippen LogP contribution in [-0.4, -0.2) is 5.91 Å². The van der Waals surface area contributed by atoms with Gasteiger partial charge in [0.05, 0.1) is 11.3 Å². The van der Waals surface area contributed by atoms with Crippen molar-refractivity contribution in [2.45, 2.75) is 31.4 Å². The third-order valence-corrected chi connectivity index (χ3v) is 4.23. The number of hydrogen-bond acceptors (Lipinski definition) is 2. The quantitative estimate of drug-likeness (QED) is 0.820. The molecule has 2 aromatic carbocycles. The third-order valence-electron chi connectivity index (χ3n) is 4.23. The third kappa shape index (κ3) is 3.69. The first kappa shape index (κ1) is 16.4. The predicted octanol–water partition coefficient (Wildman–Crippen LogP) is 4.27. The minimum atomic E-state index is -4.41. The maximum Gasteiger partial charge on any atom is 0.416 e. The molecule has 126 valence electrons. The summed E-state index contributed by atoms with van der Waals surface area (Å²) in [6, 6.07) is 12.7. The summed E-state index contributed by atoms with van der Waals surface area (Å²) >= 11 is 0. The molecule has 1 atom stereocenters. The van der Waals surface area contributed by atoms with Crippen molar-refractivity contribution in [3.05, 3.63) is 65.2 Å². The van der Waals surface area contributed by atoms with Crippen LogP contribution in [0.4, 0.5) is 18.9 Å². The van der Waals surface area contributed by atoms with Gasteiger partial charge >= 0.3 is 6.18 Å². The Bertz CT molecular complexity index is 743. The van der Waals surface area contributed by atoms with Gasteiger partial charge in [-0.2, -0.15) is 13.2 Å². The van der Waals surface area contributed by atoms with E-state index in [4.69, 9.17) is 0 Å². The Morgan fingerprint density at radius 2 is 1.92 bits per heavy atom. The minimum absolute atomic E-state index is 0.157. The molecule has 0 saturated heterocycles. The van der Waals surface area contributed by atoms with Gasteiger partial charge in [-0.05, 0) is 48.1 Å². The van der Waals surface area contributed by atoms with E-state index in [0.717, 1.165) is 25.0 Å². The molecule has 0 spiro atoms. The lowest BCUT2D eigenvalue weighted by molar-refractivity contribution is -0.137. The summed E-state index contributed by atoms with van der Waals surface area (Å²) in [5, 5.41) is 0. The molecule has 24 heavy (non-hydrogen) atoms. The van der Waals surface area contributed by atoms with E-state index >= 15 is 0 Å². The van der Waals surface area contributed by atoms with Gasteiger partial charge in [0, 0.05) is 6.42 Å². The Morgan fingerprint density at radius 3 is 2.71 bits per heavy atom. The van der Waals surface area contributed by atoms with Gasteiger partial charge in [0.2, 0.25) is 5.91 Å². The number of amides is 1. The number of benzene rings is 2. The molecule has 0 aromatic heterocycles. The van der Waals surface area contributed by atoms with Crippen molar-refractivity contribution < 1.29 is 18.0 Å². The van der Waals surface area contributed by atoms with Crippen LogP contribution < -0.4 is 10.9 Å². The molecular weight excluding hydrogens is 317 g/mol. The Balaban J connectivity index is 1.57. The molecule has 1 amide bonds. The topological polar surface area (TPSA) is 41.1 Å². The normalized spacial score (nSPS) is 16.5. The van der Waals surface area contributed by atoms with Gasteiger partial charge in [0.1, 0.15) is 0 Å². The lowest BCUT2D eigenvalue weighted by Crippen LogP contribution is -2.30. The van der Waals surface area contributed by atoms with Crippen molar-refractivity contribution in [2.75, 3.05) is 5.43 Å². The van der Waals surface area contributed by atoms with Crippen molar-refractivity contribution in [3.63, 3.8) is 0 Å². The van der Waals surface area contributed by atoms with Crippen LogP contribution in [-0.2, 0) is 17.4 Å². The molecule has 2 aromatic rings. The first-order valence-electron chi connectivity index (χ1n) is 7.73. The van der Waals surface area contributed by atoms with Gasteiger partial charge in [-0.1, -0.05) is 30.3 Å². The monoisotopic (exact) mass is 334 g/mol. The van der Waals surface area contributed by atoms with Crippen LogP contribution in [0.3, 0.4) is 0 Å². The molecular formula is C18H17F3N2O. The van der Waals surface area contributed by atoms with Crippen LogP contribution in [0, 0.1) is 0 Å². The number of halogens is 3. The molecule has 0 aliphatic heterocycles. The summed E-state index contributed by atoms with van der Waals surface area (Å²) in [6.07, 6.45) is -2.23. The Morgan fingerprint density at radius 1 is 1.12 bits per heavy atom. The standard InChI is InChI=1S/C18H17F3N2O/c19-18(20,21)14-5-3-6-15(11-14)22-23-17(24)10-13-9-8-12-4-1-2-7-16(12)13/h1-7,11,13,22H,8-10H2,(H,23,24). The van der Waals surface area contributed by atoms with Crippen molar-refractivity contribution in [1.82, 2.24) is 5.43 Å². The zero-order chi connectivity index (χ0) is 17.2. The number of nitrogens with one attached hydrogen (secondary N) is 2. The number of carbonyl (C=O) groups excluding carboxylic acids is 1. The maximum absolute atomic E-state index is 12.7. The molecule has 1 aliphatic carbocycles. The van der Waals surface area contributed by atoms with E-state index in [9.17, 15) is 18.0 Å². The fraction of sp³-hybridized carbons (Fsp3) is 0.278. The molecule has 0 fully saturated rings. The second-order valence-corrected chi connectivity index (χ2v) is 5.89. The molecule has 0 radical (unpaired) electrons. The Kier molecular flexibility index (Phi) is 4.46. The van der Waals surface area contributed by atoms with Gasteiger partial charge in [0.25, 0.3) is 0 Å². The average molecular weight is 334 g/mol. The van der Waals surface area contributed by atoms with Crippen LogP contribution >= 0.6 is 0 Å². The van der Waals surface area contributed by atoms with Gasteiger partial charge in [-0.25, -0.2) is 0 Å². The fourth-order valence-corrected chi connectivity index (χ4v) is 3.05. The molecule has 3 nitrogen and oxygen atoms in total. The zero-order valence-electron chi connectivity index (χ0n) is 12.9. The van der Waals surface area contributed by atoms with Crippen molar-refractivity contribution in [1.29, 1.82) is 0 Å². The first-order chi connectivity index (χ1) is 11.4. The number of alkyl halides is 3. The number of anilines is 1. The highest BCUT2D eigenvalue weighted by Crippen LogP contribution is 2.35. The summed E-state index contributed by atoms with van der Waals surface area (Å²) in [4.78, 5) is 12.1. The number of fused-ring (bicyclic) bond motifs is 1. The SMILES string of the molecule is O=C(CC1CCc2ccccc21)NNc1cccc(C(F)(F)F)c1. The van der Waals surface area contributed by atoms with E-state index in [1.54, 1.807) is 0 Å². The first-order valence-corrected chi connectivity index (χ1v) is 7.73. The van der Waals surface area contributed by atoms with Gasteiger partial charge in [-0.15, -0.1) is 0 Å². The largest absolute Gasteiger partial charge is 0.416 e. The molecule has 0 heterocycles. The number of hydrogen-bond donors (Lipinski definition) is 2. The molecule has 1 aliphatic rings. The highest BCUT2D eigenvalue weighted by Gasteiger charge is 2.30. The van der Waals surface area contributed by atoms with Gasteiger partial charge in [0.15, 0.2) is 0 Å². The van der Waals surface area contributed by atoms with Gasteiger partial charge in [-0.3, -0.25) is 15.6 Å². The van der Waals surface area contributed by atoms with Crippen LogP contribution in [0.25, 0.3) is 0 Å². The highest BCUT2D eigenvalue weighted by atomic mass is 19.4. The van der Waals surface area contributed by atoms with Crippen molar-refractivity contribution in [2.24, 2.45) is 0 Å². The molecule has 0 bridgehead atoms. The van der Waals surface area contributed by atoms with Crippen molar-refractivity contribution >= 4 is 11.6 Å². The predicted molar refractivity (Wildman–Crippen MR) is 85.3 cm³/mol. The lowest BCUT2D eigenvalue weighted by atomic mass is 9.98. The smallest absolute Gasteiger partial charge is 0.299 e. The van der Waals surface area contributed by atoms with Crippen LogP contribution in [0.5, 0.6) is 0 Å². The Labute approximate surface area is 137 Å². The van der Waals surface area contributed by atoms with E-state index < -0.39 is 11.7 Å². The summed E-state index contributed by atoms with van der Waals surface area (Å²) < 4.78 is 38.0. The van der Waals surface area contributed by atoms with Crippen molar-refractivity contribution in [3.8, 4) is 0 Å². The fourth-order valence-electron chi connectivity index (χ4n) is 3.05. The number of hydrazine groups is 1.